The van der Waals surface area contributed by atoms with E-state index in [1.54, 1.807) is 30.3 Å². The minimum Gasteiger partial charge on any atom is -0.507 e. The zero-order valence-corrected chi connectivity index (χ0v) is 17.6. The summed E-state index contributed by atoms with van der Waals surface area (Å²) < 4.78 is 19.1. The average molecular weight is 441 g/mol. The summed E-state index contributed by atoms with van der Waals surface area (Å²) in [6, 6.07) is 11.0. The van der Waals surface area contributed by atoms with Gasteiger partial charge in [0, 0.05) is 18.5 Å². The van der Waals surface area contributed by atoms with Gasteiger partial charge in [-0.1, -0.05) is 18.6 Å². The van der Waals surface area contributed by atoms with Crippen molar-refractivity contribution >= 4 is 23.4 Å². The number of unbranched alkanes of at least 4 members (excludes halogenated alkanes) is 2. The molecule has 1 saturated heterocycles. The number of Topliss-reactive ketones (excluding diaryl/α,β-unsaturated/α-hetero) is 1. The lowest BCUT2D eigenvalue weighted by atomic mass is 9.95. The Morgan fingerprint density at radius 1 is 1.06 bits per heavy atom. The quantitative estimate of drug-likeness (QED) is 0.265. The van der Waals surface area contributed by atoms with Crippen LogP contribution in [0.1, 0.15) is 42.9 Å². The van der Waals surface area contributed by atoms with E-state index in [1.807, 2.05) is 0 Å². The minimum absolute atomic E-state index is 0.0175. The average Bonchev–Trinajstić information content (AvgIpc) is 3.03. The lowest BCUT2D eigenvalue weighted by Gasteiger charge is -2.25. The first-order chi connectivity index (χ1) is 15.3. The Hall–Kier alpha value is -3.68. The lowest BCUT2D eigenvalue weighted by Crippen LogP contribution is -2.30. The van der Waals surface area contributed by atoms with Crippen molar-refractivity contribution in [2.45, 2.75) is 31.7 Å². The van der Waals surface area contributed by atoms with Crippen LogP contribution < -0.4 is 4.74 Å². The molecule has 168 valence electrons. The van der Waals surface area contributed by atoms with Gasteiger partial charge in [-0.2, -0.15) is 0 Å². The number of rotatable bonds is 9. The molecule has 1 aliphatic rings. The smallest absolute Gasteiger partial charge is 0.303 e. The van der Waals surface area contributed by atoms with Crippen LogP contribution >= 0.6 is 0 Å². The summed E-state index contributed by atoms with van der Waals surface area (Å²) >= 11 is 0. The topological polar surface area (TPSA) is 104 Å². The molecule has 32 heavy (non-hydrogen) atoms. The highest BCUT2D eigenvalue weighted by Gasteiger charge is 2.45. The molecular formula is C24H24FNO6. The zero-order valence-electron chi connectivity index (χ0n) is 17.6. The fourth-order valence-corrected chi connectivity index (χ4v) is 3.77. The molecule has 7 nitrogen and oxygen atoms in total. The highest BCUT2D eigenvalue weighted by Crippen LogP contribution is 2.39. The number of aliphatic hydroxyl groups is 1. The number of ether oxygens (including phenoxy) is 1. The van der Waals surface area contributed by atoms with Crippen LogP contribution in [0.25, 0.3) is 5.76 Å². The molecular weight excluding hydrogens is 417 g/mol. The van der Waals surface area contributed by atoms with E-state index in [9.17, 15) is 23.9 Å². The molecule has 0 unspecified atom stereocenters. The minimum atomic E-state index is -0.952. The number of carbonyl (C=O) groups is 3. The predicted molar refractivity (Wildman–Crippen MR) is 115 cm³/mol. The molecule has 0 radical (unpaired) electrons. The SMILES string of the molecule is COc1ccc(C(O)=C2C(=O)C(=O)N(CCCCCC(=O)O)[C@@H]2c2cccc(F)c2)cc1. The van der Waals surface area contributed by atoms with Gasteiger partial charge in [-0.05, 0) is 54.8 Å². The van der Waals surface area contributed by atoms with Crippen molar-refractivity contribution in [3.63, 3.8) is 0 Å². The number of nitrogens with zero attached hydrogens (tertiary/aromatic N) is 1. The van der Waals surface area contributed by atoms with Crippen LogP contribution in [-0.2, 0) is 14.4 Å². The molecule has 1 fully saturated rings. The number of likely N-dealkylation sites (tertiary alicyclic amines) is 1. The van der Waals surface area contributed by atoms with Gasteiger partial charge in [0.1, 0.15) is 17.3 Å². The molecule has 0 saturated carbocycles. The first-order valence-corrected chi connectivity index (χ1v) is 10.2. The van der Waals surface area contributed by atoms with Crippen LogP contribution in [0.15, 0.2) is 54.1 Å². The third-order valence-corrected chi connectivity index (χ3v) is 5.36. The number of amides is 1. The van der Waals surface area contributed by atoms with E-state index < -0.39 is 29.5 Å². The van der Waals surface area contributed by atoms with Gasteiger partial charge in [-0.25, -0.2) is 4.39 Å². The molecule has 8 heteroatoms. The first-order valence-electron chi connectivity index (χ1n) is 10.2. The number of aliphatic hydroxyl groups excluding tert-OH is 1. The predicted octanol–water partition coefficient (Wildman–Crippen LogP) is 3.90. The van der Waals surface area contributed by atoms with E-state index in [2.05, 4.69) is 0 Å². The van der Waals surface area contributed by atoms with Gasteiger partial charge in [0.2, 0.25) is 0 Å². The van der Waals surface area contributed by atoms with Crippen LogP contribution in [-0.4, -0.2) is 46.4 Å². The van der Waals surface area contributed by atoms with E-state index in [0.29, 0.717) is 36.1 Å². The Morgan fingerprint density at radius 3 is 2.41 bits per heavy atom. The van der Waals surface area contributed by atoms with Gasteiger partial charge >= 0.3 is 5.97 Å². The third-order valence-electron chi connectivity index (χ3n) is 5.36. The molecule has 2 aromatic rings. The van der Waals surface area contributed by atoms with E-state index in [4.69, 9.17) is 9.84 Å². The van der Waals surface area contributed by atoms with Crippen LogP contribution in [0.4, 0.5) is 4.39 Å². The fourth-order valence-electron chi connectivity index (χ4n) is 3.77. The largest absolute Gasteiger partial charge is 0.507 e. The van der Waals surface area contributed by atoms with Crippen molar-refractivity contribution in [3.05, 3.63) is 71.0 Å². The Labute approximate surface area is 184 Å². The summed E-state index contributed by atoms with van der Waals surface area (Å²) in [4.78, 5) is 37.7. The molecule has 1 atom stereocenters. The number of halogens is 1. The van der Waals surface area contributed by atoms with Crippen molar-refractivity contribution in [3.8, 4) is 5.75 Å². The summed E-state index contributed by atoms with van der Waals surface area (Å²) in [6.45, 7) is 0.171. The molecule has 2 aromatic carbocycles. The first kappa shape index (κ1) is 23.0. The van der Waals surface area contributed by atoms with E-state index in [0.717, 1.165) is 0 Å². The van der Waals surface area contributed by atoms with Gasteiger partial charge in [0.05, 0.1) is 18.7 Å². The van der Waals surface area contributed by atoms with Gasteiger partial charge < -0.3 is 19.8 Å². The van der Waals surface area contributed by atoms with Gasteiger partial charge in [-0.15, -0.1) is 0 Å². The van der Waals surface area contributed by atoms with Crippen molar-refractivity contribution in [1.29, 1.82) is 0 Å². The second kappa shape index (κ2) is 10.1. The van der Waals surface area contributed by atoms with Gasteiger partial charge in [-0.3, -0.25) is 14.4 Å². The highest BCUT2D eigenvalue weighted by atomic mass is 19.1. The Kier molecular flexibility index (Phi) is 7.25. The number of hydrogen-bond acceptors (Lipinski definition) is 5. The lowest BCUT2D eigenvalue weighted by molar-refractivity contribution is -0.140. The Balaban J connectivity index is 1.97. The van der Waals surface area contributed by atoms with E-state index in [-0.39, 0.29) is 24.3 Å². The second-order valence-electron chi connectivity index (χ2n) is 7.48. The van der Waals surface area contributed by atoms with Crippen molar-refractivity contribution < 1.29 is 33.7 Å². The molecule has 2 N–H and O–H groups in total. The molecule has 0 aromatic heterocycles. The van der Waals surface area contributed by atoms with Crippen LogP contribution in [0.5, 0.6) is 5.75 Å². The number of carboxylic acid groups (broad SMARTS) is 1. The van der Waals surface area contributed by atoms with Crippen LogP contribution in [0.3, 0.4) is 0 Å². The number of aliphatic carboxylic acids is 1. The molecule has 1 amide bonds. The maximum atomic E-state index is 14.0. The maximum absolute atomic E-state index is 14.0. The number of hydrogen-bond donors (Lipinski definition) is 2. The normalized spacial score (nSPS) is 17.6. The number of ketones is 1. The molecule has 1 heterocycles. The Bertz CT molecular complexity index is 1050. The van der Waals surface area contributed by atoms with E-state index in [1.165, 1.54) is 30.2 Å². The van der Waals surface area contributed by atoms with Gasteiger partial charge in [0.25, 0.3) is 11.7 Å². The van der Waals surface area contributed by atoms with Crippen LogP contribution in [0.2, 0.25) is 0 Å². The number of benzene rings is 2. The number of carboxylic acids is 1. The number of carbonyl (C=O) groups excluding carboxylic acids is 2. The van der Waals surface area contributed by atoms with Crippen molar-refractivity contribution in [1.82, 2.24) is 4.90 Å². The molecule has 1 aliphatic heterocycles. The molecule has 0 aliphatic carbocycles. The molecule has 0 spiro atoms. The fraction of sp³-hybridized carbons (Fsp3) is 0.292. The highest BCUT2D eigenvalue weighted by molar-refractivity contribution is 6.46. The standard InChI is InChI=1S/C24H24FNO6/c1-32-18-11-9-15(10-12-18)22(29)20-21(16-6-5-7-17(25)14-16)26(24(31)23(20)30)13-4-2-3-8-19(27)28/h5-7,9-12,14,21,29H,2-4,8,13H2,1H3,(H,27,28)/t21-/m1/s1. The molecule has 3 rings (SSSR count). The van der Waals surface area contributed by atoms with E-state index >= 15 is 0 Å². The zero-order chi connectivity index (χ0) is 23.3. The monoisotopic (exact) mass is 441 g/mol. The summed E-state index contributed by atoms with van der Waals surface area (Å²) in [7, 11) is 1.50. The summed E-state index contributed by atoms with van der Waals surface area (Å²) in [5, 5.41) is 19.7. The van der Waals surface area contributed by atoms with Crippen LogP contribution in [0, 0.1) is 5.82 Å². The molecule has 0 bridgehead atoms. The number of methoxy groups -OCH3 is 1. The van der Waals surface area contributed by atoms with Gasteiger partial charge in [0.15, 0.2) is 0 Å². The second-order valence-corrected chi connectivity index (χ2v) is 7.48. The third kappa shape index (κ3) is 4.96. The summed E-state index contributed by atoms with van der Waals surface area (Å²) in [5.74, 6) is -2.85. The van der Waals surface area contributed by atoms with Crippen molar-refractivity contribution in [2.75, 3.05) is 13.7 Å². The van der Waals surface area contributed by atoms with Crippen molar-refractivity contribution in [2.24, 2.45) is 0 Å². The summed E-state index contributed by atoms with van der Waals surface area (Å²) in [5.41, 5.74) is 0.577. The maximum Gasteiger partial charge on any atom is 0.303 e. The Morgan fingerprint density at radius 2 is 1.78 bits per heavy atom. The summed E-state index contributed by atoms with van der Waals surface area (Å²) in [6.07, 6.45) is 1.47.